The number of rotatable bonds is 6. The number of ether oxygens (including phenoxy) is 1. The van der Waals surface area contributed by atoms with Gasteiger partial charge in [-0.15, -0.1) is 0 Å². The van der Waals surface area contributed by atoms with Gasteiger partial charge >= 0.3 is 0 Å². The van der Waals surface area contributed by atoms with Crippen molar-refractivity contribution in [2.75, 3.05) is 13.2 Å². The summed E-state index contributed by atoms with van der Waals surface area (Å²) in [6, 6.07) is 14.9. The number of hydrogen-bond donors (Lipinski definition) is 1. The molecule has 0 saturated heterocycles. The van der Waals surface area contributed by atoms with E-state index in [1.54, 1.807) is 24.3 Å². The number of fused-ring (bicyclic) bond motifs is 2. The lowest BCUT2D eigenvalue weighted by Gasteiger charge is -2.13. The highest BCUT2D eigenvalue weighted by atomic mass is 16.5. The molecule has 2 amide bonds. The second-order valence-electron chi connectivity index (χ2n) is 6.09. The van der Waals surface area contributed by atoms with Crippen LogP contribution in [0.5, 0.6) is 5.75 Å². The normalized spacial score (nSPS) is 13.5. The first kappa shape index (κ1) is 15.4. The minimum Gasteiger partial charge on any atom is -0.494 e. The van der Waals surface area contributed by atoms with Gasteiger partial charge in [0.25, 0.3) is 11.8 Å². The third-order valence-electron chi connectivity index (χ3n) is 4.45. The molecule has 0 saturated carbocycles. The summed E-state index contributed by atoms with van der Waals surface area (Å²) in [4.78, 5) is 29.0. The van der Waals surface area contributed by atoms with Crippen LogP contribution in [-0.4, -0.2) is 34.8 Å². The minimum atomic E-state index is -0.195. The Bertz CT molecular complexity index is 910. The number of unbranched alkanes of at least 4 members (excludes halogenated alkanes) is 1. The summed E-state index contributed by atoms with van der Waals surface area (Å²) < 4.78 is 5.76. The van der Waals surface area contributed by atoms with Crippen LogP contribution < -0.4 is 4.74 Å². The number of aromatic amines is 1. The molecule has 5 heteroatoms. The number of hydrogen-bond acceptors (Lipinski definition) is 3. The zero-order valence-electron chi connectivity index (χ0n) is 13.7. The molecule has 5 nitrogen and oxygen atoms in total. The van der Waals surface area contributed by atoms with Crippen molar-refractivity contribution in [2.45, 2.75) is 12.8 Å². The van der Waals surface area contributed by atoms with Gasteiger partial charge in [-0.2, -0.15) is 0 Å². The second kappa shape index (κ2) is 6.43. The summed E-state index contributed by atoms with van der Waals surface area (Å²) in [5.41, 5.74) is 2.09. The number of H-pyrrole nitrogens is 1. The molecule has 4 rings (SSSR count). The van der Waals surface area contributed by atoms with Crippen molar-refractivity contribution in [3.63, 3.8) is 0 Å². The molecule has 0 atom stereocenters. The molecule has 0 bridgehead atoms. The number of carbonyl (C=O) groups excluding carboxylic acids is 2. The number of carbonyl (C=O) groups is 2. The van der Waals surface area contributed by atoms with E-state index in [-0.39, 0.29) is 11.8 Å². The van der Waals surface area contributed by atoms with E-state index in [0.717, 1.165) is 29.5 Å². The number of benzene rings is 2. The quantitative estimate of drug-likeness (QED) is 0.553. The Morgan fingerprint density at radius 3 is 2.44 bits per heavy atom. The van der Waals surface area contributed by atoms with Gasteiger partial charge < -0.3 is 9.72 Å². The predicted molar refractivity (Wildman–Crippen MR) is 94.8 cm³/mol. The van der Waals surface area contributed by atoms with Crippen molar-refractivity contribution in [3.05, 3.63) is 65.9 Å². The Morgan fingerprint density at radius 2 is 1.68 bits per heavy atom. The summed E-state index contributed by atoms with van der Waals surface area (Å²) in [6.45, 7) is 0.978. The van der Waals surface area contributed by atoms with Gasteiger partial charge in [0.1, 0.15) is 5.75 Å². The Labute approximate surface area is 145 Å². The summed E-state index contributed by atoms with van der Waals surface area (Å²) in [6.07, 6.45) is 3.40. The molecule has 0 aliphatic carbocycles. The molecular weight excluding hydrogens is 316 g/mol. The molecule has 25 heavy (non-hydrogen) atoms. The van der Waals surface area contributed by atoms with E-state index in [4.69, 9.17) is 4.74 Å². The molecule has 0 radical (unpaired) electrons. The lowest BCUT2D eigenvalue weighted by atomic mass is 10.1. The lowest BCUT2D eigenvalue weighted by Crippen LogP contribution is -2.30. The van der Waals surface area contributed by atoms with Gasteiger partial charge in [0.05, 0.1) is 17.7 Å². The predicted octanol–water partition coefficient (Wildman–Crippen LogP) is 3.62. The molecule has 0 fully saturated rings. The van der Waals surface area contributed by atoms with Crippen LogP contribution in [0.4, 0.5) is 0 Å². The van der Waals surface area contributed by atoms with Crippen molar-refractivity contribution in [2.24, 2.45) is 0 Å². The average molecular weight is 334 g/mol. The van der Waals surface area contributed by atoms with E-state index in [2.05, 4.69) is 4.98 Å². The van der Waals surface area contributed by atoms with Gasteiger partial charge in [-0.3, -0.25) is 14.5 Å². The number of imide groups is 1. The molecule has 2 aromatic carbocycles. The van der Waals surface area contributed by atoms with Gasteiger partial charge in [0.2, 0.25) is 0 Å². The molecule has 0 spiro atoms. The average Bonchev–Trinajstić information content (AvgIpc) is 3.19. The fraction of sp³-hybridized carbons (Fsp3) is 0.200. The molecular formula is C20H18N2O3. The van der Waals surface area contributed by atoms with Crippen LogP contribution >= 0.6 is 0 Å². The Balaban J connectivity index is 1.27. The summed E-state index contributed by atoms with van der Waals surface area (Å²) in [5, 5.41) is 1.11. The van der Waals surface area contributed by atoms with Gasteiger partial charge in [-0.1, -0.05) is 12.1 Å². The molecule has 0 unspecified atom stereocenters. The van der Waals surface area contributed by atoms with Crippen LogP contribution in [0.2, 0.25) is 0 Å². The van der Waals surface area contributed by atoms with Gasteiger partial charge in [-0.05, 0) is 49.2 Å². The highest BCUT2D eigenvalue weighted by Gasteiger charge is 2.34. The van der Waals surface area contributed by atoms with Crippen LogP contribution in [0, 0.1) is 0 Å². The van der Waals surface area contributed by atoms with E-state index in [1.807, 2.05) is 30.5 Å². The Kier molecular flexibility index (Phi) is 3.98. The smallest absolute Gasteiger partial charge is 0.261 e. The standard InChI is InChI=1S/C20H18N2O3/c23-19-16-5-1-2-6-17(16)20(24)22(19)11-3-4-12-25-15-7-8-18-14(13-15)9-10-21-18/h1-2,5-10,13,21H,3-4,11-12H2. The highest BCUT2D eigenvalue weighted by Crippen LogP contribution is 2.23. The topological polar surface area (TPSA) is 62.4 Å². The molecule has 1 aliphatic heterocycles. The maximum atomic E-state index is 12.3. The third kappa shape index (κ3) is 2.89. The summed E-state index contributed by atoms with van der Waals surface area (Å²) in [5.74, 6) is 0.437. The van der Waals surface area contributed by atoms with Gasteiger partial charge in [0, 0.05) is 23.6 Å². The first-order valence-corrected chi connectivity index (χ1v) is 8.39. The summed E-state index contributed by atoms with van der Waals surface area (Å²) in [7, 11) is 0. The monoisotopic (exact) mass is 334 g/mol. The van der Waals surface area contributed by atoms with Crippen LogP contribution in [-0.2, 0) is 0 Å². The molecule has 3 aromatic rings. The van der Waals surface area contributed by atoms with E-state index in [1.165, 1.54) is 4.90 Å². The minimum absolute atomic E-state index is 0.195. The van der Waals surface area contributed by atoms with Gasteiger partial charge in [0.15, 0.2) is 0 Å². The van der Waals surface area contributed by atoms with Crippen molar-refractivity contribution < 1.29 is 14.3 Å². The van der Waals surface area contributed by atoms with Crippen LogP contribution in [0.3, 0.4) is 0 Å². The fourth-order valence-electron chi connectivity index (χ4n) is 3.13. The van der Waals surface area contributed by atoms with Crippen LogP contribution in [0.1, 0.15) is 33.6 Å². The maximum Gasteiger partial charge on any atom is 0.261 e. The first-order valence-electron chi connectivity index (χ1n) is 8.39. The van der Waals surface area contributed by atoms with E-state index in [9.17, 15) is 9.59 Å². The molecule has 1 aromatic heterocycles. The Hall–Kier alpha value is -3.08. The number of amides is 2. The molecule has 126 valence electrons. The summed E-state index contributed by atoms with van der Waals surface area (Å²) >= 11 is 0. The van der Waals surface area contributed by atoms with E-state index in [0.29, 0.717) is 24.3 Å². The number of nitrogens with one attached hydrogen (secondary N) is 1. The van der Waals surface area contributed by atoms with Crippen LogP contribution in [0.25, 0.3) is 10.9 Å². The number of aromatic nitrogens is 1. The lowest BCUT2D eigenvalue weighted by molar-refractivity contribution is 0.0649. The molecule has 2 heterocycles. The van der Waals surface area contributed by atoms with E-state index >= 15 is 0 Å². The fourth-order valence-corrected chi connectivity index (χ4v) is 3.13. The van der Waals surface area contributed by atoms with E-state index < -0.39 is 0 Å². The van der Waals surface area contributed by atoms with Crippen molar-refractivity contribution in [1.82, 2.24) is 9.88 Å². The number of nitrogens with zero attached hydrogens (tertiary/aromatic N) is 1. The van der Waals surface area contributed by atoms with Crippen molar-refractivity contribution in [1.29, 1.82) is 0 Å². The molecule has 1 N–H and O–H groups in total. The first-order chi connectivity index (χ1) is 12.2. The maximum absolute atomic E-state index is 12.3. The van der Waals surface area contributed by atoms with Crippen LogP contribution in [0.15, 0.2) is 54.7 Å². The highest BCUT2D eigenvalue weighted by molar-refractivity contribution is 6.21. The largest absolute Gasteiger partial charge is 0.494 e. The zero-order chi connectivity index (χ0) is 17.2. The third-order valence-corrected chi connectivity index (χ3v) is 4.45. The molecule has 1 aliphatic rings. The SMILES string of the molecule is O=C1c2ccccc2C(=O)N1CCCCOc1ccc2[nH]ccc2c1. The zero-order valence-corrected chi connectivity index (χ0v) is 13.7. The van der Waals surface area contributed by atoms with Crippen molar-refractivity contribution >= 4 is 22.7 Å². The van der Waals surface area contributed by atoms with Crippen molar-refractivity contribution in [3.8, 4) is 5.75 Å². The Morgan fingerprint density at radius 1 is 0.920 bits per heavy atom. The van der Waals surface area contributed by atoms with Gasteiger partial charge in [-0.25, -0.2) is 0 Å². The second-order valence-corrected chi connectivity index (χ2v) is 6.09.